The predicted octanol–water partition coefficient (Wildman–Crippen LogP) is 3.54. The zero-order chi connectivity index (χ0) is 18.6. The summed E-state index contributed by atoms with van der Waals surface area (Å²) in [6.45, 7) is 1.92. The fourth-order valence-corrected chi connectivity index (χ4v) is 3.34. The van der Waals surface area contributed by atoms with E-state index in [1.807, 2.05) is 43.3 Å². The average molecular weight is 363 g/mol. The Bertz CT molecular complexity index is 916. The number of tetrazole rings is 1. The van der Waals surface area contributed by atoms with Crippen LogP contribution < -0.4 is 10.1 Å². The van der Waals surface area contributed by atoms with Crippen molar-refractivity contribution in [1.82, 2.24) is 20.2 Å². The number of ether oxygens (including phenoxy) is 1. The third-order valence-corrected chi connectivity index (χ3v) is 4.77. The van der Waals surface area contributed by atoms with Gasteiger partial charge in [-0.3, -0.25) is 4.79 Å². The van der Waals surface area contributed by atoms with E-state index < -0.39 is 0 Å². The number of aryl methyl sites for hydroxylation is 1. The minimum Gasteiger partial charge on any atom is -0.490 e. The number of aromatic nitrogens is 4. The highest BCUT2D eigenvalue weighted by atomic mass is 16.5. The van der Waals surface area contributed by atoms with Gasteiger partial charge in [0.1, 0.15) is 12.1 Å². The van der Waals surface area contributed by atoms with E-state index in [0.717, 1.165) is 35.5 Å². The highest BCUT2D eigenvalue weighted by molar-refractivity contribution is 6.04. The van der Waals surface area contributed by atoms with Gasteiger partial charge in [-0.15, -0.1) is 5.10 Å². The topological polar surface area (TPSA) is 81.9 Å². The fraction of sp³-hybridized carbons (Fsp3) is 0.300. The monoisotopic (exact) mass is 363 g/mol. The number of hydrogen-bond acceptors (Lipinski definition) is 5. The Hall–Kier alpha value is -3.22. The van der Waals surface area contributed by atoms with Crippen LogP contribution >= 0.6 is 0 Å². The molecule has 1 amide bonds. The molecule has 7 nitrogen and oxygen atoms in total. The van der Waals surface area contributed by atoms with Gasteiger partial charge in [-0.05, 0) is 91.1 Å². The van der Waals surface area contributed by atoms with Crippen LogP contribution in [0.4, 0.5) is 5.69 Å². The zero-order valence-electron chi connectivity index (χ0n) is 15.1. The number of amides is 1. The van der Waals surface area contributed by atoms with E-state index in [-0.39, 0.29) is 5.91 Å². The van der Waals surface area contributed by atoms with Gasteiger partial charge in [0.2, 0.25) is 0 Å². The first-order valence-corrected chi connectivity index (χ1v) is 9.11. The molecule has 3 aromatic rings. The van der Waals surface area contributed by atoms with E-state index in [1.165, 1.54) is 19.2 Å². The number of benzene rings is 2. The summed E-state index contributed by atoms with van der Waals surface area (Å²) in [6.07, 6.45) is 6.58. The van der Waals surface area contributed by atoms with Crippen molar-refractivity contribution in [1.29, 1.82) is 0 Å². The van der Waals surface area contributed by atoms with Crippen LogP contribution in [-0.4, -0.2) is 32.2 Å². The molecule has 0 atom stereocenters. The number of hydrogen-bond donors (Lipinski definition) is 1. The molecule has 0 spiro atoms. The Kier molecular flexibility index (Phi) is 4.82. The Morgan fingerprint density at radius 1 is 1.15 bits per heavy atom. The van der Waals surface area contributed by atoms with E-state index in [2.05, 4.69) is 20.8 Å². The van der Waals surface area contributed by atoms with Crippen LogP contribution in [0.5, 0.6) is 5.75 Å². The van der Waals surface area contributed by atoms with Crippen molar-refractivity contribution in [2.45, 2.75) is 38.7 Å². The van der Waals surface area contributed by atoms with Crippen LogP contribution in [0, 0.1) is 6.92 Å². The van der Waals surface area contributed by atoms with Gasteiger partial charge in [0.25, 0.3) is 5.91 Å². The second-order valence-electron chi connectivity index (χ2n) is 6.76. The molecule has 0 aliphatic heterocycles. The highest BCUT2D eigenvalue weighted by Gasteiger charge is 2.16. The summed E-state index contributed by atoms with van der Waals surface area (Å²) >= 11 is 0. The third-order valence-electron chi connectivity index (χ3n) is 4.77. The van der Waals surface area contributed by atoms with Crippen molar-refractivity contribution in [2.24, 2.45) is 0 Å². The number of rotatable bonds is 5. The Morgan fingerprint density at radius 2 is 1.93 bits per heavy atom. The van der Waals surface area contributed by atoms with Gasteiger partial charge < -0.3 is 10.1 Å². The zero-order valence-corrected chi connectivity index (χ0v) is 15.1. The van der Waals surface area contributed by atoms with Crippen LogP contribution in [-0.2, 0) is 0 Å². The summed E-state index contributed by atoms with van der Waals surface area (Å²) in [5.74, 6) is 0.687. The van der Waals surface area contributed by atoms with E-state index in [9.17, 15) is 4.79 Å². The minimum atomic E-state index is -0.161. The summed E-state index contributed by atoms with van der Waals surface area (Å²) in [5, 5.41) is 14.1. The number of anilines is 1. The lowest BCUT2D eigenvalue weighted by Gasteiger charge is -2.13. The van der Waals surface area contributed by atoms with Crippen LogP contribution in [0.3, 0.4) is 0 Å². The fourth-order valence-electron chi connectivity index (χ4n) is 3.34. The summed E-state index contributed by atoms with van der Waals surface area (Å²) in [6, 6.07) is 13.0. The molecule has 4 rings (SSSR count). The van der Waals surface area contributed by atoms with E-state index in [0.29, 0.717) is 11.7 Å². The van der Waals surface area contributed by atoms with Gasteiger partial charge >= 0.3 is 0 Å². The largest absolute Gasteiger partial charge is 0.490 e. The van der Waals surface area contributed by atoms with Gasteiger partial charge in [-0.2, -0.15) is 0 Å². The van der Waals surface area contributed by atoms with Crippen molar-refractivity contribution in [3.63, 3.8) is 0 Å². The molecule has 27 heavy (non-hydrogen) atoms. The summed E-state index contributed by atoms with van der Waals surface area (Å²) in [7, 11) is 0. The van der Waals surface area contributed by atoms with E-state index in [4.69, 9.17) is 4.74 Å². The van der Waals surface area contributed by atoms with Crippen molar-refractivity contribution in [2.75, 3.05) is 5.32 Å². The van der Waals surface area contributed by atoms with E-state index in [1.54, 1.807) is 10.7 Å². The molecule has 1 aliphatic carbocycles. The molecule has 0 saturated heterocycles. The quantitative estimate of drug-likeness (QED) is 0.750. The standard InChI is InChI=1S/C20H21N5O2/c1-14-12-15(6-11-19(14)25-13-21-23-24-25)20(26)22-16-7-9-18(10-8-16)27-17-4-2-3-5-17/h6-13,17H,2-5H2,1H3,(H,22,26). The van der Waals surface area contributed by atoms with Gasteiger partial charge in [0, 0.05) is 11.3 Å². The molecule has 7 heteroatoms. The average Bonchev–Trinajstić information content (AvgIpc) is 3.37. The smallest absolute Gasteiger partial charge is 0.255 e. The normalized spacial score (nSPS) is 14.3. The van der Waals surface area contributed by atoms with Gasteiger partial charge in [0.05, 0.1) is 11.8 Å². The molecule has 1 fully saturated rings. The SMILES string of the molecule is Cc1cc(C(=O)Nc2ccc(OC3CCCC3)cc2)ccc1-n1cnnn1. The molecular formula is C20H21N5O2. The number of carbonyl (C=O) groups is 1. The highest BCUT2D eigenvalue weighted by Crippen LogP contribution is 2.25. The van der Waals surface area contributed by atoms with Gasteiger partial charge in [-0.25, -0.2) is 4.68 Å². The van der Waals surface area contributed by atoms with Gasteiger partial charge in [-0.1, -0.05) is 0 Å². The van der Waals surface area contributed by atoms with Crippen molar-refractivity contribution < 1.29 is 9.53 Å². The predicted molar refractivity (Wildman–Crippen MR) is 101 cm³/mol. The molecule has 0 radical (unpaired) electrons. The molecule has 1 heterocycles. The summed E-state index contributed by atoms with van der Waals surface area (Å²) < 4.78 is 7.52. The lowest BCUT2D eigenvalue weighted by Crippen LogP contribution is -2.13. The van der Waals surface area contributed by atoms with Crippen LogP contribution in [0.15, 0.2) is 48.8 Å². The third kappa shape index (κ3) is 3.97. The molecule has 138 valence electrons. The Morgan fingerprint density at radius 3 is 2.59 bits per heavy atom. The molecule has 0 bridgehead atoms. The van der Waals surface area contributed by atoms with Crippen LogP contribution in [0.25, 0.3) is 5.69 Å². The number of nitrogens with one attached hydrogen (secondary N) is 1. The maximum atomic E-state index is 12.5. The van der Waals surface area contributed by atoms with Crippen molar-refractivity contribution in [3.05, 3.63) is 59.9 Å². The molecular weight excluding hydrogens is 342 g/mol. The van der Waals surface area contributed by atoms with Crippen LogP contribution in [0.2, 0.25) is 0 Å². The molecule has 1 saturated carbocycles. The first kappa shape index (κ1) is 17.2. The number of carbonyl (C=O) groups excluding carboxylic acids is 1. The van der Waals surface area contributed by atoms with Crippen LogP contribution in [0.1, 0.15) is 41.6 Å². The molecule has 1 aromatic heterocycles. The minimum absolute atomic E-state index is 0.161. The second kappa shape index (κ2) is 7.57. The first-order chi connectivity index (χ1) is 13.2. The van der Waals surface area contributed by atoms with Gasteiger partial charge in [0.15, 0.2) is 0 Å². The maximum absolute atomic E-state index is 12.5. The Balaban J connectivity index is 1.42. The van der Waals surface area contributed by atoms with E-state index >= 15 is 0 Å². The Labute approximate surface area is 157 Å². The number of nitrogens with zero attached hydrogens (tertiary/aromatic N) is 4. The molecule has 1 N–H and O–H groups in total. The molecule has 2 aromatic carbocycles. The summed E-state index contributed by atoms with van der Waals surface area (Å²) in [5.41, 5.74) is 3.07. The molecule has 1 aliphatic rings. The first-order valence-electron chi connectivity index (χ1n) is 9.11. The second-order valence-corrected chi connectivity index (χ2v) is 6.76. The lowest BCUT2D eigenvalue weighted by atomic mass is 10.1. The summed E-state index contributed by atoms with van der Waals surface area (Å²) in [4.78, 5) is 12.5. The lowest BCUT2D eigenvalue weighted by molar-refractivity contribution is 0.102. The van der Waals surface area contributed by atoms with Crippen molar-refractivity contribution in [3.8, 4) is 11.4 Å². The van der Waals surface area contributed by atoms with Crippen molar-refractivity contribution >= 4 is 11.6 Å². The maximum Gasteiger partial charge on any atom is 0.255 e. The molecule has 0 unspecified atom stereocenters.